The van der Waals surface area contributed by atoms with Crippen LogP contribution in [0.15, 0.2) is 65.8 Å². The molecule has 5 heteroatoms. The van der Waals surface area contributed by atoms with Crippen LogP contribution < -0.4 is 4.74 Å². The van der Waals surface area contributed by atoms with E-state index in [0.29, 0.717) is 0 Å². The molecule has 3 rings (SSSR count). The number of thioether (sulfide) groups is 1. The van der Waals surface area contributed by atoms with Crippen molar-refractivity contribution in [3.05, 3.63) is 72.1 Å². The van der Waals surface area contributed by atoms with Crippen molar-refractivity contribution in [1.29, 1.82) is 0 Å². The van der Waals surface area contributed by atoms with Gasteiger partial charge in [-0.05, 0) is 31.5 Å². The van der Waals surface area contributed by atoms with Crippen LogP contribution in [0.5, 0.6) is 5.75 Å². The van der Waals surface area contributed by atoms with E-state index in [2.05, 4.69) is 46.0 Å². The SMILES string of the molecule is CCn1c(SCc2ccccc2)nnc1C(C)Oc1ccccc1. The van der Waals surface area contributed by atoms with Gasteiger partial charge in [0.25, 0.3) is 0 Å². The quantitative estimate of drug-likeness (QED) is 0.583. The Morgan fingerprint density at radius 2 is 1.67 bits per heavy atom. The van der Waals surface area contributed by atoms with Crippen LogP contribution in [0.4, 0.5) is 0 Å². The van der Waals surface area contributed by atoms with E-state index in [-0.39, 0.29) is 6.10 Å². The molecule has 1 aromatic heterocycles. The van der Waals surface area contributed by atoms with Gasteiger partial charge in [0.1, 0.15) is 5.75 Å². The summed E-state index contributed by atoms with van der Waals surface area (Å²) >= 11 is 1.70. The van der Waals surface area contributed by atoms with Gasteiger partial charge in [0.05, 0.1) is 0 Å². The summed E-state index contributed by atoms with van der Waals surface area (Å²) in [5, 5.41) is 9.65. The second kappa shape index (κ2) is 8.02. The van der Waals surface area contributed by atoms with Crippen molar-refractivity contribution in [3.63, 3.8) is 0 Å². The lowest BCUT2D eigenvalue weighted by atomic mass is 10.2. The number of nitrogens with zero attached hydrogens (tertiary/aromatic N) is 3. The zero-order valence-corrected chi connectivity index (χ0v) is 14.7. The summed E-state index contributed by atoms with van der Waals surface area (Å²) < 4.78 is 8.11. The average Bonchev–Trinajstić information content (AvgIpc) is 3.05. The molecule has 1 heterocycles. The first-order chi connectivity index (χ1) is 11.8. The average molecular weight is 339 g/mol. The second-order valence-electron chi connectivity index (χ2n) is 5.43. The lowest BCUT2D eigenvalue weighted by molar-refractivity contribution is 0.210. The molecule has 0 aliphatic carbocycles. The molecule has 1 atom stereocenters. The minimum atomic E-state index is -0.147. The van der Waals surface area contributed by atoms with Gasteiger partial charge in [-0.15, -0.1) is 10.2 Å². The van der Waals surface area contributed by atoms with Crippen molar-refractivity contribution in [2.75, 3.05) is 0 Å². The van der Waals surface area contributed by atoms with E-state index in [9.17, 15) is 0 Å². The molecule has 0 radical (unpaired) electrons. The van der Waals surface area contributed by atoms with E-state index >= 15 is 0 Å². The van der Waals surface area contributed by atoms with Gasteiger partial charge < -0.3 is 9.30 Å². The molecule has 0 aliphatic rings. The fourth-order valence-corrected chi connectivity index (χ4v) is 3.45. The van der Waals surface area contributed by atoms with Crippen LogP contribution in [-0.4, -0.2) is 14.8 Å². The number of para-hydroxylation sites is 1. The van der Waals surface area contributed by atoms with Gasteiger partial charge in [0.15, 0.2) is 17.1 Å². The van der Waals surface area contributed by atoms with Gasteiger partial charge in [-0.2, -0.15) is 0 Å². The first-order valence-corrected chi connectivity index (χ1v) is 9.08. The van der Waals surface area contributed by atoms with Crippen LogP contribution in [0.3, 0.4) is 0 Å². The van der Waals surface area contributed by atoms with Crippen molar-refractivity contribution in [2.24, 2.45) is 0 Å². The standard InChI is InChI=1S/C19H21N3OS/c1-3-22-18(15(2)23-17-12-8-5-9-13-17)20-21-19(22)24-14-16-10-6-4-7-11-16/h4-13,15H,3,14H2,1-2H3. The molecule has 0 spiro atoms. The maximum atomic E-state index is 5.99. The van der Waals surface area contributed by atoms with Crippen LogP contribution >= 0.6 is 11.8 Å². The van der Waals surface area contributed by atoms with Crippen molar-refractivity contribution in [3.8, 4) is 5.75 Å². The first-order valence-electron chi connectivity index (χ1n) is 8.09. The molecule has 0 N–H and O–H groups in total. The van der Waals surface area contributed by atoms with E-state index in [0.717, 1.165) is 29.0 Å². The summed E-state index contributed by atoms with van der Waals surface area (Å²) in [4.78, 5) is 0. The molecule has 4 nitrogen and oxygen atoms in total. The lowest BCUT2D eigenvalue weighted by Gasteiger charge is -2.15. The Balaban J connectivity index is 1.71. The number of rotatable bonds is 7. The molecule has 2 aromatic carbocycles. The molecule has 0 aliphatic heterocycles. The van der Waals surface area contributed by atoms with Gasteiger partial charge in [0.2, 0.25) is 0 Å². The maximum absolute atomic E-state index is 5.99. The van der Waals surface area contributed by atoms with E-state index in [1.807, 2.05) is 43.3 Å². The van der Waals surface area contributed by atoms with Crippen molar-refractivity contribution in [2.45, 2.75) is 37.4 Å². The van der Waals surface area contributed by atoms with E-state index in [4.69, 9.17) is 4.74 Å². The number of hydrogen-bond acceptors (Lipinski definition) is 4. The Kier molecular flexibility index (Phi) is 5.54. The molecule has 1 unspecified atom stereocenters. The lowest BCUT2D eigenvalue weighted by Crippen LogP contribution is -2.11. The molecule has 0 amide bonds. The van der Waals surface area contributed by atoms with Gasteiger partial charge in [-0.1, -0.05) is 60.3 Å². The third-order valence-corrected chi connectivity index (χ3v) is 4.73. The predicted octanol–water partition coefficient (Wildman–Crippen LogP) is 4.73. The monoisotopic (exact) mass is 339 g/mol. The number of aromatic nitrogens is 3. The molecule has 3 aromatic rings. The fraction of sp³-hybridized carbons (Fsp3) is 0.263. The third kappa shape index (κ3) is 3.97. The Morgan fingerprint density at radius 3 is 2.33 bits per heavy atom. The summed E-state index contributed by atoms with van der Waals surface area (Å²) in [5.74, 6) is 2.58. The Bertz CT molecular complexity index is 759. The molecule has 0 saturated carbocycles. The number of hydrogen-bond donors (Lipinski definition) is 0. The molecular weight excluding hydrogens is 318 g/mol. The molecule has 0 saturated heterocycles. The van der Waals surface area contributed by atoms with Crippen LogP contribution in [0.2, 0.25) is 0 Å². The van der Waals surface area contributed by atoms with Gasteiger partial charge >= 0.3 is 0 Å². The van der Waals surface area contributed by atoms with Gasteiger partial charge in [0, 0.05) is 12.3 Å². The summed E-state index contributed by atoms with van der Waals surface area (Å²) in [6.45, 7) is 4.94. The van der Waals surface area contributed by atoms with Crippen LogP contribution in [0.25, 0.3) is 0 Å². The molecule has 0 bridgehead atoms. The van der Waals surface area contributed by atoms with Crippen molar-refractivity contribution in [1.82, 2.24) is 14.8 Å². The minimum Gasteiger partial charge on any atom is -0.483 e. The Labute approximate surface area is 146 Å². The van der Waals surface area contributed by atoms with Gasteiger partial charge in [-0.3, -0.25) is 0 Å². The number of ether oxygens (including phenoxy) is 1. The number of benzene rings is 2. The zero-order chi connectivity index (χ0) is 16.8. The second-order valence-corrected chi connectivity index (χ2v) is 6.37. The molecule has 24 heavy (non-hydrogen) atoms. The smallest absolute Gasteiger partial charge is 0.191 e. The topological polar surface area (TPSA) is 39.9 Å². The minimum absolute atomic E-state index is 0.147. The summed E-state index contributed by atoms with van der Waals surface area (Å²) in [5.41, 5.74) is 1.28. The summed E-state index contributed by atoms with van der Waals surface area (Å²) in [6.07, 6.45) is -0.147. The fourth-order valence-electron chi connectivity index (χ4n) is 2.48. The van der Waals surface area contributed by atoms with E-state index in [1.165, 1.54) is 5.56 Å². The maximum Gasteiger partial charge on any atom is 0.191 e. The highest BCUT2D eigenvalue weighted by Crippen LogP contribution is 2.26. The highest BCUT2D eigenvalue weighted by atomic mass is 32.2. The Hall–Kier alpha value is -2.27. The molecule has 124 valence electrons. The summed E-state index contributed by atoms with van der Waals surface area (Å²) in [7, 11) is 0. The van der Waals surface area contributed by atoms with Gasteiger partial charge in [-0.25, -0.2) is 0 Å². The Morgan fingerprint density at radius 1 is 1.00 bits per heavy atom. The highest BCUT2D eigenvalue weighted by molar-refractivity contribution is 7.98. The van der Waals surface area contributed by atoms with Crippen LogP contribution in [0.1, 0.15) is 31.3 Å². The van der Waals surface area contributed by atoms with Crippen LogP contribution in [-0.2, 0) is 12.3 Å². The largest absolute Gasteiger partial charge is 0.483 e. The molecular formula is C19H21N3OS. The summed E-state index contributed by atoms with van der Waals surface area (Å²) in [6, 6.07) is 20.2. The van der Waals surface area contributed by atoms with E-state index in [1.54, 1.807) is 11.8 Å². The molecule has 0 fully saturated rings. The normalized spacial score (nSPS) is 12.1. The highest BCUT2D eigenvalue weighted by Gasteiger charge is 2.18. The van der Waals surface area contributed by atoms with Crippen LogP contribution in [0, 0.1) is 0 Å². The van der Waals surface area contributed by atoms with Crippen molar-refractivity contribution >= 4 is 11.8 Å². The predicted molar refractivity (Wildman–Crippen MR) is 97.2 cm³/mol. The first kappa shape index (κ1) is 16.6. The zero-order valence-electron chi connectivity index (χ0n) is 13.9. The third-order valence-electron chi connectivity index (χ3n) is 3.69. The van der Waals surface area contributed by atoms with Crippen molar-refractivity contribution < 1.29 is 4.74 Å². The van der Waals surface area contributed by atoms with E-state index < -0.39 is 0 Å².